The number of nitrogens with one attached hydrogen (secondary N) is 1. The Morgan fingerprint density at radius 2 is 1.71 bits per heavy atom. The summed E-state index contributed by atoms with van der Waals surface area (Å²) in [5, 5.41) is 12.1. The van der Waals surface area contributed by atoms with Gasteiger partial charge in [-0.3, -0.25) is 4.79 Å². The molecule has 2 aromatic rings. The Labute approximate surface area is 207 Å². The van der Waals surface area contributed by atoms with Gasteiger partial charge in [0.15, 0.2) is 11.5 Å². The number of nitriles is 1. The number of carbonyl (C=O) groups excluding carboxylic acids is 2. The summed E-state index contributed by atoms with van der Waals surface area (Å²) < 4.78 is 16.4. The van der Waals surface area contributed by atoms with E-state index < -0.39 is 11.9 Å². The summed E-state index contributed by atoms with van der Waals surface area (Å²) >= 11 is 0. The zero-order valence-corrected chi connectivity index (χ0v) is 20.5. The maximum atomic E-state index is 12.3. The number of ether oxygens (including phenoxy) is 3. The lowest BCUT2D eigenvalue weighted by atomic mass is 10.1. The lowest BCUT2D eigenvalue weighted by Gasteiger charge is -2.09. The molecule has 0 saturated heterocycles. The molecule has 184 valence electrons. The van der Waals surface area contributed by atoms with Crippen molar-refractivity contribution in [2.75, 3.05) is 20.3 Å². The number of carbonyl (C=O) groups is 2. The molecule has 7 nitrogen and oxygen atoms in total. The molecular weight excluding hydrogens is 444 g/mol. The van der Waals surface area contributed by atoms with Crippen LogP contribution in [0.25, 0.3) is 12.2 Å². The van der Waals surface area contributed by atoms with Crippen LogP contribution in [-0.4, -0.2) is 32.1 Å². The maximum absolute atomic E-state index is 12.3. The average molecular weight is 477 g/mol. The standard InChI is InChI=1S/C28H32N2O5/c1-4-6-16-30-28(32)23(20-29)18-22-10-14-25(26(19-22)33-3)35-27(31)15-11-21-8-12-24(13-9-21)34-17-7-5-2/h8-15,18-19H,4-7,16-17H2,1-3H3,(H,30,32)/b15-11+,23-18+. The number of unbranched alkanes of at least 4 members (excludes halogenated alkanes) is 2. The summed E-state index contributed by atoms with van der Waals surface area (Å²) in [7, 11) is 1.45. The molecule has 0 saturated carbocycles. The van der Waals surface area contributed by atoms with Crippen LogP contribution in [0.5, 0.6) is 17.2 Å². The second-order valence-electron chi connectivity index (χ2n) is 7.72. The smallest absolute Gasteiger partial charge is 0.336 e. The van der Waals surface area contributed by atoms with Gasteiger partial charge < -0.3 is 19.5 Å². The molecule has 1 N–H and O–H groups in total. The van der Waals surface area contributed by atoms with E-state index in [1.54, 1.807) is 24.3 Å². The Morgan fingerprint density at radius 3 is 2.37 bits per heavy atom. The van der Waals surface area contributed by atoms with Gasteiger partial charge in [-0.1, -0.05) is 44.9 Å². The number of amides is 1. The van der Waals surface area contributed by atoms with Crippen LogP contribution in [0.15, 0.2) is 54.1 Å². The fourth-order valence-corrected chi connectivity index (χ4v) is 2.96. The minimum atomic E-state index is -0.567. The number of esters is 1. The van der Waals surface area contributed by atoms with E-state index in [2.05, 4.69) is 12.2 Å². The van der Waals surface area contributed by atoms with Crippen molar-refractivity contribution in [3.8, 4) is 23.3 Å². The first-order valence-corrected chi connectivity index (χ1v) is 11.7. The highest BCUT2D eigenvalue weighted by atomic mass is 16.6. The van der Waals surface area contributed by atoms with Gasteiger partial charge in [0.2, 0.25) is 0 Å². The Balaban J connectivity index is 2.03. The van der Waals surface area contributed by atoms with E-state index >= 15 is 0 Å². The third-order valence-electron chi connectivity index (χ3n) is 4.95. The summed E-state index contributed by atoms with van der Waals surface area (Å²) in [5.74, 6) is 0.321. The van der Waals surface area contributed by atoms with Gasteiger partial charge in [0.05, 0.1) is 13.7 Å². The third-order valence-corrected chi connectivity index (χ3v) is 4.95. The van der Waals surface area contributed by atoms with E-state index in [9.17, 15) is 14.9 Å². The molecule has 0 unspecified atom stereocenters. The summed E-state index contributed by atoms with van der Waals surface area (Å²) in [5.41, 5.74) is 1.39. The molecular formula is C28H32N2O5. The fourth-order valence-electron chi connectivity index (χ4n) is 2.96. The van der Waals surface area contributed by atoms with Crippen LogP contribution >= 0.6 is 0 Å². The normalized spacial score (nSPS) is 11.1. The summed E-state index contributed by atoms with van der Waals surface area (Å²) in [6.45, 7) is 5.32. The molecule has 0 fully saturated rings. The number of hydrogen-bond acceptors (Lipinski definition) is 6. The van der Waals surface area contributed by atoms with Crippen LogP contribution in [0, 0.1) is 11.3 Å². The zero-order chi connectivity index (χ0) is 25.5. The summed E-state index contributed by atoms with van der Waals surface area (Å²) in [6, 6.07) is 14.1. The second kappa shape index (κ2) is 15.0. The Bertz CT molecular complexity index is 1080. The molecule has 2 aromatic carbocycles. The van der Waals surface area contributed by atoms with Crippen LogP contribution in [0.4, 0.5) is 0 Å². The van der Waals surface area contributed by atoms with Crippen LogP contribution in [0.3, 0.4) is 0 Å². The van der Waals surface area contributed by atoms with Gasteiger partial charge in [-0.25, -0.2) is 4.79 Å². The Morgan fingerprint density at radius 1 is 1.00 bits per heavy atom. The van der Waals surface area contributed by atoms with Gasteiger partial charge in [0, 0.05) is 12.6 Å². The molecule has 2 rings (SSSR count). The molecule has 0 aliphatic carbocycles. The third kappa shape index (κ3) is 9.38. The van der Waals surface area contributed by atoms with E-state index in [1.165, 1.54) is 19.3 Å². The largest absolute Gasteiger partial charge is 0.494 e. The topological polar surface area (TPSA) is 97.7 Å². The van der Waals surface area contributed by atoms with Gasteiger partial charge in [-0.15, -0.1) is 0 Å². The molecule has 0 heterocycles. The first-order chi connectivity index (χ1) is 17.0. The lowest BCUT2D eigenvalue weighted by Crippen LogP contribution is -2.25. The van der Waals surface area contributed by atoms with Crippen molar-refractivity contribution < 1.29 is 23.8 Å². The van der Waals surface area contributed by atoms with Crippen LogP contribution < -0.4 is 19.5 Å². The molecule has 1 amide bonds. The minimum Gasteiger partial charge on any atom is -0.494 e. The highest BCUT2D eigenvalue weighted by Crippen LogP contribution is 2.29. The van der Waals surface area contributed by atoms with Crippen molar-refractivity contribution >= 4 is 24.0 Å². The van der Waals surface area contributed by atoms with Crippen LogP contribution in [0.2, 0.25) is 0 Å². The number of benzene rings is 2. The minimum absolute atomic E-state index is 0.0161. The monoisotopic (exact) mass is 476 g/mol. The fraction of sp³-hybridized carbons (Fsp3) is 0.321. The zero-order valence-electron chi connectivity index (χ0n) is 20.5. The molecule has 0 atom stereocenters. The molecule has 0 aromatic heterocycles. The Kier molecular flexibility index (Phi) is 11.6. The van der Waals surface area contributed by atoms with Gasteiger partial charge in [0.25, 0.3) is 5.91 Å². The predicted octanol–water partition coefficient (Wildman–Crippen LogP) is 5.32. The van der Waals surface area contributed by atoms with E-state index in [-0.39, 0.29) is 11.3 Å². The van der Waals surface area contributed by atoms with Gasteiger partial charge in [-0.2, -0.15) is 5.26 Å². The van der Waals surface area contributed by atoms with E-state index in [1.807, 2.05) is 37.3 Å². The summed E-state index contributed by atoms with van der Waals surface area (Å²) in [4.78, 5) is 24.5. The molecule has 0 aliphatic rings. The number of nitrogens with zero attached hydrogens (tertiary/aromatic N) is 1. The van der Waals surface area contributed by atoms with Crippen LogP contribution in [-0.2, 0) is 9.59 Å². The molecule has 0 spiro atoms. The van der Waals surface area contributed by atoms with Gasteiger partial charge in [0.1, 0.15) is 17.4 Å². The predicted molar refractivity (Wildman–Crippen MR) is 136 cm³/mol. The van der Waals surface area contributed by atoms with Crippen molar-refractivity contribution in [3.63, 3.8) is 0 Å². The quantitative estimate of drug-likeness (QED) is 0.138. The highest BCUT2D eigenvalue weighted by Gasteiger charge is 2.12. The van der Waals surface area contributed by atoms with E-state index in [0.717, 1.165) is 37.0 Å². The van der Waals surface area contributed by atoms with E-state index in [0.29, 0.717) is 24.5 Å². The van der Waals surface area contributed by atoms with E-state index in [4.69, 9.17) is 14.2 Å². The number of hydrogen-bond donors (Lipinski definition) is 1. The van der Waals surface area contributed by atoms with Crippen molar-refractivity contribution in [3.05, 3.63) is 65.2 Å². The van der Waals surface area contributed by atoms with Crippen molar-refractivity contribution in [2.45, 2.75) is 39.5 Å². The van der Waals surface area contributed by atoms with Gasteiger partial charge >= 0.3 is 5.97 Å². The SMILES string of the molecule is CCCCNC(=O)/C(C#N)=C/c1ccc(OC(=O)/C=C/c2ccc(OCCCC)cc2)c(OC)c1. The van der Waals surface area contributed by atoms with Crippen LogP contribution in [0.1, 0.15) is 50.7 Å². The Hall–Kier alpha value is -4.05. The van der Waals surface area contributed by atoms with Gasteiger partial charge in [-0.05, 0) is 60.4 Å². The molecule has 0 radical (unpaired) electrons. The second-order valence-corrected chi connectivity index (χ2v) is 7.72. The average Bonchev–Trinajstić information content (AvgIpc) is 2.87. The maximum Gasteiger partial charge on any atom is 0.336 e. The van der Waals surface area contributed by atoms with Crippen molar-refractivity contribution in [1.29, 1.82) is 5.26 Å². The van der Waals surface area contributed by atoms with Crippen molar-refractivity contribution in [1.82, 2.24) is 5.32 Å². The van der Waals surface area contributed by atoms with Crippen molar-refractivity contribution in [2.24, 2.45) is 0 Å². The molecule has 35 heavy (non-hydrogen) atoms. The summed E-state index contributed by atoms with van der Waals surface area (Å²) in [6.07, 6.45) is 8.30. The first-order valence-electron chi connectivity index (χ1n) is 11.7. The first kappa shape index (κ1) is 27.2. The highest BCUT2D eigenvalue weighted by molar-refractivity contribution is 6.01. The molecule has 0 bridgehead atoms. The molecule has 0 aliphatic heterocycles. The number of rotatable bonds is 13. The molecule has 7 heteroatoms. The lowest BCUT2D eigenvalue weighted by molar-refractivity contribution is -0.129. The number of methoxy groups -OCH3 is 1.